The first-order valence-electron chi connectivity index (χ1n) is 8.86. The highest BCUT2D eigenvalue weighted by Crippen LogP contribution is 2.28. The van der Waals surface area contributed by atoms with Crippen LogP contribution in [-0.4, -0.2) is 53.6 Å². The molecule has 1 aromatic heterocycles. The second-order valence-electron chi connectivity index (χ2n) is 6.60. The van der Waals surface area contributed by atoms with Crippen molar-refractivity contribution >= 4 is 23.3 Å². The summed E-state index contributed by atoms with van der Waals surface area (Å²) >= 11 is 5.93. The molecule has 0 atom stereocenters. The molecule has 2 aromatic rings. The number of aromatic nitrogens is 2. The topological polar surface area (TPSA) is 58.6 Å². The highest BCUT2D eigenvalue weighted by Gasteiger charge is 2.28. The van der Waals surface area contributed by atoms with E-state index in [1.54, 1.807) is 24.3 Å². The highest BCUT2D eigenvalue weighted by atomic mass is 35.5. The molecular formula is C19H21ClN4O2. The summed E-state index contributed by atoms with van der Waals surface area (Å²) in [7, 11) is 0. The molecule has 0 aliphatic carbocycles. The van der Waals surface area contributed by atoms with Crippen molar-refractivity contribution in [1.82, 2.24) is 14.9 Å². The Morgan fingerprint density at radius 3 is 2.58 bits per heavy atom. The van der Waals surface area contributed by atoms with Crippen molar-refractivity contribution in [3.05, 3.63) is 51.9 Å². The second-order valence-corrected chi connectivity index (χ2v) is 7.04. The number of anilines is 1. The average molecular weight is 373 g/mol. The lowest BCUT2D eigenvalue weighted by atomic mass is 10.0. The van der Waals surface area contributed by atoms with Gasteiger partial charge in [-0.3, -0.25) is 4.79 Å². The molecule has 0 radical (unpaired) electrons. The predicted octanol–water partition coefficient (Wildman–Crippen LogP) is 2.47. The summed E-state index contributed by atoms with van der Waals surface area (Å²) < 4.78 is 5.46. The van der Waals surface area contributed by atoms with Crippen molar-refractivity contribution in [3.8, 4) is 0 Å². The maximum Gasteiger partial charge on any atom is 0.254 e. The van der Waals surface area contributed by atoms with Crippen LogP contribution in [0, 0.1) is 6.92 Å². The summed E-state index contributed by atoms with van der Waals surface area (Å²) in [6.45, 7) is 6.14. The fourth-order valence-corrected chi connectivity index (χ4v) is 3.63. The van der Waals surface area contributed by atoms with E-state index < -0.39 is 0 Å². The van der Waals surface area contributed by atoms with E-state index in [0.29, 0.717) is 36.9 Å². The average Bonchev–Trinajstić information content (AvgIpc) is 2.68. The molecule has 0 spiro atoms. The monoisotopic (exact) mass is 372 g/mol. The summed E-state index contributed by atoms with van der Waals surface area (Å²) in [5.74, 6) is 1.74. The Morgan fingerprint density at radius 2 is 1.85 bits per heavy atom. The van der Waals surface area contributed by atoms with E-state index in [4.69, 9.17) is 21.3 Å². The van der Waals surface area contributed by atoms with Crippen LogP contribution in [0.4, 0.5) is 5.82 Å². The third kappa shape index (κ3) is 3.39. The first kappa shape index (κ1) is 17.2. The second kappa shape index (κ2) is 7.21. The molecule has 0 unspecified atom stereocenters. The normalized spacial score (nSPS) is 17.2. The Labute approximate surface area is 157 Å². The van der Waals surface area contributed by atoms with Gasteiger partial charge >= 0.3 is 0 Å². The SMILES string of the molecule is Cc1nc2c(c(N3CCOCC3)n1)CN(C(=O)c1ccc(Cl)cc1)CC2. The fraction of sp³-hybridized carbons (Fsp3) is 0.421. The zero-order chi connectivity index (χ0) is 18.1. The van der Waals surface area contributed by atoms with Gasteiger partial charge in [-0.25, -0.2) is 9.97 Å². The van der Waals surface area contributed by atoms with E-state index in [0.717, 1.165) is 42.4 Å². The zero-order valence-electron chi connectivity index (χ0n) is 14.7. The van der Waals surface area contributed by atoms with E-state index in [-0.39, 0.29) is 5.91 Å². The Morgan fingerprint density at radius 1 is 1.12 bits per heavy atom. The van der Waals surface area contributed by atoms with Crippen molar-refractivity contribution < 1.29 is 9.53 Å². The Bertz CT molecular complexity index is 819. The molecule has 7 heteroatoms. The van der Waals surface area contributed by atoms with E-state index in [1.807, 2.05) is 11.8 Å². The van der Waals surface area contributed by atoms with Gasteiger partial charge in [0.15, 0.2) is 0 Å². The number of fused-ring (bicyclic) bond motifs is 1. The first-order chi connectivity index (χ1) is 12.6. The number of hydrogen-bond acceptors (Lipinski definition) is 5. The van der Waals surface area contributed by atoms with Crippen molar-refractivity contribution in [3.63, 3.8) is 0 Å². The number of benzene rings is 1. The summed E-state index contributed by atoms with van der Waals surface area (Å²) in [6, 6.07) is 7.04. The Balaban J connectivity index is 1.62. The number of carbonyl (C=O) groups is 1. The van der Waals surface area contributed by atoms with Gasteiger partial charge < -0.3 is 14.5 Å². The minimum atomic E-state index is 0.0146. The predicted molar refractivity (Wildman–Crippen MR) is 99.7 cm³/mol. The van der Waals surface area contributed by atoms with E-state index in [1.165, 1.54) is 0 Å². The molecule has 1 amide bonds. The van der Waals surface area contributed by atoms with Gasteiger partial charge in [0.05, 0.1) is 25.5 Å². The van der Waals surface area contributed by atoms with Crippen LogP contribution < -0.4 is 4.90 Å². The zero-order valence-corrected chi connectivity index (χ0v) is 15.5. The molecule has 3 heterocycles. The van der Waals surface area contributed by atoms with Crippen LogP contribution in [0.25, 0.3) is 0 Å². The van der Waals surface area contributed by atoms with Crippen LogP contribution in [0.15, 0.2) is 24.3 Å². The van der Waals surface area contributed by atoms with E-state index in [9.17, 15) is 4.79 Å². The standard InChI is InChI=1S/C19H21ClN4O2/c1-13-21-17-6-7-24(19(25)14-2-4-15(20)5-3-14)12-16(17)18(22-13)23-8-10-26-11-9-23/h2-5H,6-12H2,1H3. The van der Waals surface area contributed by atoms with Crippen LogP contribution in [0.3, 0.4) is 0 Å². The maximum absolute atomic E-state index is 12.9. The molecular weight excluding hydrogens is 352 g/mol. The van der Waals surface area contributed by atoms with Gasteiger partial charge in [0.25, 0.3) is 5.91 Å². The lowest BCUT2D eigenvalue weighted by molar-refractivity contribution is 0.0733. The van der Waals surface area contributed by atoms with Gasteiger partial charge in [0.1, 0.15) is 11.6 Å². The number of aryl methyl sites for hydroxylation is 1. The summed E-state index contributed by atoms with van der Waals surface area (Å²) in [5, 5.41) is 0.629. The third-order valence-electron chi connectivity index (χ3n) is 4.84. The molecule has 6 nitrogen and oxygen atoms in total. The van der Waals surface area contributed by atoms with Crippen LogP contribution in [-0.2, 0) is 17.7 Å². The minimum absolute atomic E-state index is 0.0146. The maximum atomic E-state index is 12.9. The first-order valence-corrected chi connectivity index (χ1v) is 9.23. The fourth-order valence-electron chi connectivity index (χ4n) is 3.50. The molecule has 1 fully saturated rings. The van der Waals surface area contributed by atoms with Crippen molar-refractivity contribution in [2.75, 3.05) is 37.7 Å². The number of amides is 1. The van der Waals surface area contributed by atoms with E-state index in [2.05, 4.69) is 9.88 Å². The molecule has 1 aromatic carbocycles. The molecule has 2 aliphatic heterocycles. The van der Waals surface area contributed by atoms with Gasteiger partial charge in [-0.15, -0.1) is 0 Å². The van der Waals surface area contributed by atoms with Crippen LogP contribution in [0.2, 0.25) is 5.02 Å². The van der Waals surface area contributed by atoms with Crippen LogP contribution >= 0.6 is 11.6 Å². The molecule has 136 valence electrons. The van der Waals surface area contributed by atoms with Crippen LogP contribution in [0.5, 0.6) is 0 Å². The quantitative estimate of drug-likeness (QED) is 0.810. The molecule has 0 N–H and O–H groups in total. The number of morpholine rings is 1. The lowest BCUT2D eigenvalue weighted by Crippen LogP contribution is -2.41. The van der Waals surface area contributed by atoms with Gasteiger partial charge in [-0.2, -0.15) is 0 Å². The highest BCUT2D eigenvalue weighted by molar-refractivity contribution is 6.30. The Kier molecular flexibility index (Phi) is 4.78. The molecule has 2 aliphatic rings. The number of nitrogens with zero attached hydrogens (tertiary/aromatic N) is 4. The molecule has 4 rings (SSSR count). The van der Waals surface area contributed by atoms with Gasteiger partial charge in [-0.05, 0) is 31.2 Å². The van der Waals surface area contributed by atoms with Gasteiger partial charge in [0.2, 0.25) is 0 Å². The number of hydrogen-bond donors (Lipinski definition) is 0. The third-order valence-corrected chi connectivity index (χ3v) is 5.09. The van der Waals surface area contributed by atoms with Crippen LogP contribution in [0.1, 0.15) is 27.4 Å². The number of halogens is 1. The summed E-state index contributed by atoms with van der Waals surface area (Å²) in [5.41, 5.74) is 2.77. The number of carbonyl (C=O) groups excluding carboxylic acids is 1. The number of ether oxygens (including phenoxy) is 1. The van der Waals surface area contributed by atoms with Crippen molar-refractivity contribution in [2.45, 2.75) is 19.9 Å². The Hall–Kier alpha value is -2.18. The molecule has 26 heavy (non-hydrogen) atoms. The summed E-state index contributed by atoms with van der Waals surface area (Å²) in [6.07, 6.45) is 0.745. The van der Waals surface area contributed by atoms with Crippen molar-refractivity contribution in [2.24, 2.45) is 0 Å². The smallest absolute Gasteiger partial charge is 0.254 e. The largest absolute Gasteiger partial charge is 0.378 e. The molecule has 0 bridgehead atoms. The lowest BCUT2D eigenvalue weighted by Gasteiger charge is -2.34. The van der Waals surface area contributed by atoms with Crippen molar-refractivity contribution in [1.29, 1.82) is 0 Å². The molecule has 1 saturated heterocycles. The summed E-state index contributed by atoms with van der Waals surface area (Å²) in [4.78, 5) is 26.3. The minimum Gasteiger partial charge on any atom is -0.378 e. The van der Waals surface area contributed by atoms with E-state index >= 15 is 0 Å². The number of rotatable bonds is 2. The van der Waals surface area contributed by atoms with Gasteiger partial charge in [0, 0.05) is 42.2 Å². The van der Waals surface area contributed by atoms with Gasteiger partial charge in [-0.1, -0.05) is 11.6 Å². The molecule has 0 saturated carbocycles.